The highest BCUT2D eigenvalue weighted by Gasteiger charge is 2.23. The second kappa shape index (κ2) is 7.11. The fourth-order valence-corrected chi connectivity index (χ4v) is 2.13. The van der Waals surface area contributed by atoms with E-state index in [-0.39, 0.29) is 11.0 Å². The monoisotopic (exact) mass is 287 g/mol. The molecule has 20 heavy (non-hydrogen) atoms. The minimum Gasteiger partial charge on any atom is -0.310 e. The predicted molar refractivity (Wildman–Crippen MR) is 76.0 cm³/mol. The summed E-state index contributed by atoms with van der Waals surface area (Å²) in [6, 6.07) is 1.07. The van der Waals surface area contributed by atoms with Crippen LogP contribution in [0.5, 0.6) is 0 Å². The van der Waals surface area contributed by atoms with Gasteiger partial charge in [0.1, 0.15) is 17.5 Å². The van der Waals surface area contributed by atoms with Crippen molar-refractivity contribution in [2.75, 3.05) is 6.54 Å². The molecular weight excluding hydrogens is 263 g/mol. The molecule has 1 nitrogen and oxygen atoms in total. The van der Waals surface area contributed by atoms with Gasteiger partial charge >= 0.3 is 0 Å². The van der Waals surface area contributed by atoms with Crippen molar-refractivity contribution < 1.29 is 13.2 Å². The van der Waals surface area contributed by atoms with Crippen LogP contribution in [0.25, 0.3) is 0 Å². The summed E-state index contributed by atoms with van der Waals surface area (Å²) >= 11 is 0. The van der Waals surface area contributed by atoms with E-state index in [9.17, 15) is 13.2 Å². The zero-order valence-electron chi connectivity index (χ0n) is 12.7. The first kappa shape index (κ1) is 17.0. The lowest BCUT2D eigenvalue weighted by molar-refractivity contribution is 0.324. The molecule has 0 heterocycles. The highest BCUT2D eigenvalue weighted by atomic mass is 19.1. The molecule has 1 aromatic carbocycles. The maximum atomic E-state index is 13.9. The number of benzene rings is 1. The summed E-state index contributed by atoms with van der Waals surface area (Å²) in [5.41, 5.74) is 0.0307. The zero-order chi connectivity index (χ0) is 15.3. The molecule has 1 rings (SSSR count). The van der Waals surface area contributed by atoms with E-state index in [1.165, 1.54) is 0 Å². The van der Waals surface area contributed by atoms with Crippen LogP contribution >= 0.6 is 0 Å². The van der Waals surface area contributed by atoms with Crippen LogP contribution in [0.1, 0.15) is 58.6 Å². The third-order valence-electron chi connectivity index (χ3n) is 3.22. The Morgan fingerprint density at radius 1 is 1.10 bits per heavy atom. The predicted octanol–water partition coefficient (Wildman–Crippen LogP) is 4.97. The Bertz CT molecular complexity index is 415. The average Bonchev–Trinajstić information content (AvgIpc) is 2.29. The number of halogens is 3. The molecule has 0 saturated heterocycles. The average molecular weight is 287 g/mol. The second-order valence-electron chi connectivity index (χ2n) is 6.39. The van der Waals surface area contributed by atoms with Crippen molar-refractivity contribution in [2.45, 2.75) is 53.0 Å². The van der Waals surface area contributed by atoms with Gasteiger partial charge in [0.2, 0.25) is 0 Å². The van der Waals surface area contributed by atoms with Gasteiger partial charge in [-0.2, -0.15) is 0 Å². The van der Waals surface area contributed by atoms with Crippen LogP contribution in [0.2, 0.25) is 0 Å². The minimum absolute atomic E-state index is 0.0518. The van der Waals surface area contributed by atoms with Crippen molar-refractivity contribution in [1.29, 1.82) is 0 Å². The molecule has 0 saturated carbocycles. The minimum atomic E-state index is -0.881. The third kappa shape index (κ3) is 5.16. The summed E-state index contributed by atoms with van der Waals surface area (Å²) in [6.45, 7) is 8.92. The number of hydrogen-bond donors (Lipinski definition) is 1. The fourth-order valence-electron chi connectivity index (χ4n) is 2.13. The number of rotatable bonds is 6. The Balaban J connectivity index is 2.98. The van der Waals surface area contributed by atoms with Gasteiger partial charge in [0.25, 0.3) is 0 Å². The normalized spacial score (nSPS) is 13.6. The van der Waals surface area contributed by atoms with Crippen LogP contribution in [-0.4, -0.2) is 6.54 Å². The molecule has 0 bridgehead atoms. The van der Waals surface area contributed by atoms with E-state index >= 15 is 0 Å². The highest BCUT2D eigenvalue weighted by Crippen LogP contribution is 2.30. The zero-order valence-corrected chi connectivity index (χ0v) is 12.7. The van der Waals surface area contributed by atoms with Gasteiger partial charge in [0, 0.05) is 23.7 Å². The quantitative estimate of drug-likeness (QED) is 0.779. The molecule has 0 fully saturated rings. The van der Waals surface area contributed by atoms with Crippen LogP contribution in [-0.2, 0) is 0 Å². The molecule has 1 atom stereocenters. The summed E-state index contributed by atoms with van der Waals surface area (Å²) in [4.78, 5) is 0. The van der Waals surface area contributed by atoms with Crippen LogP contribution in [0.3, 0.4) is 0 Å². The lowest BCUT2D eigenvalue weighted by Gasteiger charge is -2.25. The molecule has 0 aliphatic heterocycles. The maximum Gasteiger partial charge on any atom is 0.133 e. The van der Waals surface area contributed by atoms with Gasteiger partial charge in [-0.05, 0) is 31.2 Å². The molecule has 0 aromatic heterocycles. The Morgan fingerprint density at radius 3 is 2.10 bits per heavy atom. The maximum absolute atomic E-state index is 13.9. The molecule has 4 heteroatoms. The van der Waals surface area contributed by atoms with E-state index < -0.39 is 23.5 Å². The van der Waals surface area contributed by atoms with Gasteiger partial charge in [-0.3, -0.25) is 0 Å². The van der Waals surface area contributed by atoms with Gasteiger partial charge in [-0.15, -0.1) is 0 Å². The van der Waals surface area contributed by atoms with E-state index in [1.54, 1.807) is 0 Å². The summed E-state index contributed by atoms with van der Waals surface area (Å²) in [5, 5.41) is 3.16. The van der Waals surface area contributed by atoms with Crippen LogP contribution in [0.15, 0.2) is 12.1 Å². The van der Waals surface area contributed by atoms with Crippen molar-refractivity contribution in [3.8, 4) is 0 Å². The summed E-state index contributed by atoms with van der Waals surface area (Å²) < 4.78 is 40.8. The molecule has 0 aliphatic carbocycles. The Labute approximate surface area is 119 Å². The molecule has 114 valence electrons. The smallest absolute Gasteiger partial charge is 0.133 e. The van der Waals surface area contributed by atoms with Gasteiger partial charge in [-0.1, -0.05) is 27.7 Å². The van der Waals surface area contributed by atoms with Crippen molar-refractivity contribution in [1.82, 2.24) is 5.32 Å². The van der Waals surface area contributed by atoms with E-state index in [4.69, 9.17) is 0 Å². The Hall–Kier alpha value is -1.03. The first-order valence-electron chi connectivity index (χ1n) is 7.12. The van der Waals surface area contributed by atoms with Crippen LogP contribution < -0.4 is 5.32 Å². The Morgan fingerprint density at radius 2 is 1.65 bits per heavy atom. The van der Waals surface area contributed by atoms with Gasteiger partial charge in [0.05, 0.1) is 0 Å². The van der Waals surface area contributed by atoms with E-state index in [2.05, 4.69) is 26.1 Å². The molecule has 1 N–H and O–H groups in total. The topological polar surface area (TPSA) is 12.0 Å². The lowest BCUT2D eigenvalue weighted by atomic mass is 9.87. The van der Waals surface area contributed by atoms with Crippen molar-refractivity contribution in [2.24, 2.45) is 5.41 Å². The standard InChI is InChI=1S/C16H24F3N/c1-5-8-20-14(6-7-16(2,3)4)15-12(18)9-11(17)10-13(15)19/h9-10,14,20H,5-8H2,1-4H3. The fraction of sp³-hybridized carbons (Fsp3) is 0.625. The van der Waals surface area contributed by atoms with E-state index in [0.717, 1.165) is 25.0 Å². The second-order valence-corrected chi connectivity index (χ2v) is 6.39. The number of hydrogen-bond acceptors (Lipinski definition) is 1. The molecule has 1 aromatic rings. The number of nitrogens with one attached hydrogen (secondary N) is 1. The summed E-state index contributed by atoms with van der Waals surface area (Å²) in [7, 11) is 0. The van der Waals surface area contributed by atoms with Crippen LogP contribution in [0, 0.1) is 22.9 Å². The SMILES string of the molecule is CCCNC(CCC(C)(C)C)c1c(F)cc(F)cc1F. The van der Waals surface area contributed by atoms with E-state index in [1.807, 2.05) is 6.92 Å². The largest absolute Gasteiger partial charge is 0.310 e. The van der Waals surface area contributed by atoms with Gasteiger partial charge < -0.3 is 5.32 Å². The molecule has 0 aliphatic rings. The summed E-state index contributed by atoms with van der Waals surface area (Å²) in [6.07, 6.45) is 2.31. The molecular formula is C16H24F3N. The Kier molecular flexibility index (Phi) is 6.06. The highest BCUT2D eigenvalue weighted by molar-refractivity contribution is 5.24. The first-order chi connectivity index (χ1) is 9.24. The van der Waals surface area contributed by atoms with Crippen molar-refractivity contribution in [3.05, 3.63) is 35.1 Å². The first-order valence-corrected chi connectivity index (χ1v) is 7.12. The lowest BCUT2D eigenvalue weighted by Crippen LogP contribution is -2.25. The summed E-state index contributed by atoms with van der Waals surface area (Å²) in [5.74, 6) is -2.51. The molecule has 1 unspecified atom stereocenters. The van der Waals surface area contributed by atoms with Gasteiger partial charge in [-0.25, -0.2) is 13.2 Å². The third-order valence-corrected chi connectivity index (χ3v) is 3.22. The van der Waals surface area contributed by atoms with Crippen molar-refractivity contribution >= 4 is 0 Å². The van der Waals surface area contributed by atoms with Gasteiger partial charge in [0.15, 0.2) is 0 Å². The van der Waals surface area contributed by atoms with Crippen LogP contribution in [0.4, 0.5) is 13.2 Å². The molecule has 0 spiro atoms. The molecule has 0 amide bonds. The molecule has 0 radical (unpaired) electrons. The van der Waals surface area contributed by atoms with E-state index in [0.29, 0.717) is 13.0 Å². The van der Waals surface area contributed by atoms with Crippen molar-refractivity contribution in [3.63, 3.8) is 0 Å².